The van der Waals surface area contributed by atoms with Crippen LogP contribution in [0.15, 0.2) is 54.7 Å². The topological polar surface area (TPSA) is 79.5 Å². The number of fused-ring (bicyclic) bond motifs is 1. The number of anilines is 2. The third-order valence-electron chi connectivity index (χ3n) is 6.76. The Hall–Kier alpha value is -3.28. The molecule has 2 N–H and O–H groups in total. The fourth-order valence-electron chi connectivity index (χ4n) is 4.98. The first-order valence-electron chi connectivity index (χ1n) is 12.7. The summed E-state index contributed by atoms with van der Waals surface area (Å²) in [6.07, 6.45) is 3.16. The Morgan fingerprint density at radius 1 is 1.19 bits per heavy atom. The number of hydrogen-bond acceptors (Lipinski definition) is 6. The van der Waals surface area contributed by atoms with E-state index in [4.69, 9.17) is 9.47 Å². The van der Waals surface area contributed by atoms with E-state index in [2.05, 4.69) is 45.4 Å². The van der Waals surface area contributed by atoms with Crippen LogP contribution in [-0.2, 0) is 4.57 Å². The van der Waals surface area contributed by atoms with Gasteiger partial charge in [0.25, 0.3) is 0 Å². The molecule has 5 rings (SSSR count). The predicted octanol–water partition coefficient (Wildman–Crippen LogP) is 6.01. The fourth-order valence-corrected chi connectivity index (χ4v) is 6.36. The Kier molecular flexibility index (Phi) is 7.02. The van der Waals surface area contributed by atoms with Crippen molar-refractivity contribution in [2.45, 2.75) is 26.4 Å². The van der Waals surface area contributed by atoms with Gasteiger partial charge in [-0.2, -0.15) is 0 Å². The average Bonchev–Trinajstić information content (AvgIpc) is 3.47. The van der Waals surface area contributed by atoms with Crippen LogP contribution in [0.2, 0.25) is 0 Å². The van der Waals surface area contributed by atoms with E-state index < -0.39 is 7.14 Å². The molecule has 0 amide bonds. The zero-order valence-electron chi connectivity index (χ0n) is 22.2. The van der Waals surface area contributed by atoms with E-state index >= 15 is 0 Å². The van der Waals surface area contributed by atoms with Crippen molar-refractivity contribution in [1.82, 2.24) is 14.9 Å². The highest BCUT2D eigenvalue weighted by Gasteiger charge is 2.23. The molecule has 194 valence electrons. The number of nitrogens with one attached hydrogen (secondary N) is 2. The first kappa shape index (κ1) is 25.4. The molecular formula is C29H35N4O3P. The van der Waals surface area contributed by atoms with Crippen LogP contribution >= 0.6 is 7.14 Å². The van der Waals surface area contributed by atoms with Gasteiger partial charge in [0.05, 0.1) is 23.3 Å². The number of aromatic nitrogens is 2. The fraction of sp³-hybridized carbons (Fsp3) is 0.345. The van der Waals surface area contributed by atoms with Crippen molar-refractivity contribution in [2.75, 3.05) is 45.4 Å². The normalized spacial score (nSPS) is 16.3. The molecule has 0 unspecified atom stereocenters. The van der Waals surface area contributed by atoms with E-state index in [1.54, 1.807) is 13.3 Å². The number of likely N-dealkylation sites (N-methyl/N-ethyl adjacent to an activating group) is 1. The molecule has 1 saturated heterocycles. The molecule has 0 radical (unpaired) electrons. The van der Waals surface area contributed by atoms with Gasteiger partial charge in [-0.3, -0.25) is 0 Å². The highest BCUT2D eigenvalue weighted by Crippen LogP contribution is 2.43. The number of H-pyrrole nitrogens is 1. The summed E-state index contributed by atoms with van der Waals surface area (Å²) < 4.78 is 25.3. The first-order valence-corrected chi connectivity index (χ1v) is 15.4. The molecule has 0 spiro atoms. The minimum atomic E-state index is -2.62. The summed E-state index contributed by atoms with van der Waals surface area (Å²) in [6.45, 7) is 10.1. The molecule has 1 fully saturated rings. The number of aromatic amines is 1. The Morgan fingerprint density at radius 2 is 1.97 bits per heavy atom. The molecule has 0 saturated carbocycles. The second-order valence-electron chi connectivity index (χ2n) is 10.1. The molecule has 4 aromatic rings. The number of rotatable bonds is 8. The summed E-state index contributed by atoms with van der Waals surface area (Å²) in [4.78, 5) is 10.4. The van der Waals surface area contributed by atoms with Crippen molar-refractivity contribution in [2.24, 2.45) is 0 Å². The minimum Gasteiger partial charge on any atom is -0.493 e. The van der Waals surface area contributed by atoms with Gasteiger partial charge in [0.2, 0.25) is 0 Å². The molecule has 1 aliphatic rings. The van der Waals surface area contributed by atoms with E-state index in [-0.39, 0.29) is 6.10 Å². The number of ether oxygens (including phenoxy) is 2. The Bertz CT molecular complexity index is 1460. The first-order chi connectivity index (χ1) is 17.7. The number of benzene rings is 2. The van der Waals surface area contributed by atoms with Crippen molar-refractivity contribution in [1.29, 1.82) is 0 Å². The van der Waals surface area contributed by atoms with E-state index in [1.807, 2.05) is 50.4 Å². The summed E-state index contributed by atoms with van der Waals surface area (Å²) in [5, 5.41) is 5.27. The van der Waals surface area contributed by atoms with Gasteiger partial charge in [-0.15, -0.1) is 0 Å². The number of hydrogen-bond donors (Lipinski definition) is 2. The zero-order chi connectivity index (χ0) is 26.2. The van der Waals surface area contributed by atoms with Crippen molar-refractivity contribution in [3.63, 3.8) is 0 Å². The molecule has 2 aromatic carbocycles. The number of pyridine rings is 1. The summed E-state index contributed by atoms with van der Waals surface area (Å²) in [7, 11) is -0.497. The molecule has 3 heterocycles. The third kappa shape index (κ3) is 5.39. The maximum Gasteiger partial charge on any atom is 0.139 e. The lowest BCUT2D eigenvalue weighted by atomic mass is 10.1. The van der Waals surface area contributed by atoms with Crippen LogP contribution in [0.3, 0.4) is 0 Å². The van der Waals surface area contributed by atoms with Gasteiger partial charge in [-0.25, -0.2) is 4.98 Å². The number of likely N-dealkylation sites (tertiary alicyclic amines) is 1. The second-order valence-corrected chi connectivity index (χ2v) is 13.3. The quantitative estimate of drug-likeness (QED) is 0.278. The Labute approximate surface area is 218 Å². The number of nitrogens with zero attached hydrogens (tertiary/aromatic N) is 2. The van der Waals surface area contributed by atoms with Gasteiger partial charge in [-0.1, -0.05) is 6.07 Å². The average molecular weight is 519 g/mol. The van der Waals surface area contributed by atoms with Gasteiger partial charge in [0.1, 0.15) is 30.4 Å². The summed E-state index contributed by atoms with van der Waals surface area (Å²) in [6, 6.07) is 16.1. The molecular weight excluding hydrogens is 483 g/mol. The molecule has 0 bridgehead atoms. The second kappa shape index (κ2) is 10.2. The van der Waals surface area contributed by atoms with Crippen molar-refractivity contribution in [3.05, 3.63) is 60.3 Å². The third-order valence-corrected chi connectivity index (χ3v) is 8.30. The van der Waals surface area contributed by atoms with Crippen molar-refractivity contribution in [3.8, 4) is 22.8 Å². The predicted molar refractivity (Wildman–Crippen MR) is 153 cm³/mol. The molecule has 2 aromatic heterocycles. The minimum absolute atomic E-state index is 0.248. The maximum atomic E-state index is 13.3. The monoisotopic (exact) mass is 518 g/mol. The smallest absolute Gasteiger partial charge is 0.139 e. The highest BCUT2D eigenvalue weighted by molar-refractivity contribution is 7.70. The Balaban J connectivity index is 1.47. The van der Waals surface area contributed by atoms with Gasteiger partial charge in [0.15, 0.2) is 0 Å². The van der Waals surface area contributed by atoms with Crippen LogP contribution in [0.5, 0.6) is 11.5 Å². The summed E-state index contributed by atoms with van der Waals surface area (Å²) in [5.74, 6) is 1.55. The van der Waals surface area contributed by atoms with Crippen LogP contribution in [-0.4, -0.2) is 61.0 Å². The molecule has 7 nitrogen and oxygen atoms in total. The maximum absolute atomic E-state index is 13.3. The molecule has 8 heteroatoms. The van der Waals surface area contributed by atoms with Gasteiger partial charge in [0, 0.05) is 30.4 Å². The van der Waals surface area contributed by atoms with E-state index in [0.29, 0.717) is 12.4 Å². The van der Waals surface area contributed by atoms with E-state index in [1.165, 1.54) is 0 Å². The zero-order valence-corrected chi connectivity index (χ0v) is 23.1. The lowest BCUT2D eigenvalue weighted by Gasteiger charge is -2.20. The summed E-state index contributed by atoms with van der Waals surface area (Å²) in [5.41, 5.74) is 5.54. The van der Waals surface area contributed by atoms with Crippen LogP contribution in [0.4, 0.5) is 11.4 Å². The van der Waals surface area contributed by atoms with Gasteiger partial charge < -0.3 is 29.2 Å². The SMILES string of the molecule is CCOc1cccc(Nc2c(C)cnc3[nH]c(-c4ccc(O[C@@H]5CCN(C)C5)cc4)cc23)c1P(C)(C)=O. The van der Waals surface area contributed by atoms with Crippen molar-refractivity contribution >= 4 is 34.9 Å². The van der Waals surface area contributed by atoms with Crippen molar-refractivity contribution < 1.29 is 14.0 Å². The molecule has 37 heavy (non-hydrogen) atoms. The van der Waals surface area contributed by atoms with Crippen LogP contribution in [0.1, 0.15) is 18.9 Å². The highest BCUT2D eigenvalue weighted by atomic mass is 31.2. The Morgan fingerprint density at radius 3 is 2.65 bits per heavy atom. The summed E-state index contributed by atoms with van der Waals surface area (Å²) >= 11 is 0. The van der Waals surface area contributed by atoms with Gasteiger partial charge >= 0.3 is 0 Å². The van der Waals surface area contributed by atoms with E-state index in [9.17, 15) is 4.57 Å². The van der Waals surface area contributed by atoms with E-state index in [0.717, 1.165) is 69.8 Å². The number of aryl methyl sites for hydroxylation is 1. The van der Waals surface area contributed by atoms with Crippen LogP contribution in [0.25, 0.3) is 22.3 Å². The molecule has 0 aliphatic carbocycles. The standard InChI is InChI=1S/C29H35N4O3P/c1-6-35-26-9-7-8-24(28(26)37(4,5)34)31-27-19(2)17-30-29-23(27)16-25(32-29)20-10-12-21(13-11-20)36-22-14-15-33(3)18-22/h7-13,16-17,22H,6,14-15,18H2,1-5H3,(H2,30,31,32)/t22-/m1/s1. The lowest BCUT2D eigenvalue weighted by Crippen LogP contribution is -2.21. The largest absolute Gasteiger partial charge is 0.493 e. The van der Waals surface area contributed by atoms with Crippen LogP contribution < -0.4 is 20.1 Å². The van der Waals surface area contributed by atoms with Crippen LogP contribution in [0, 0.1) is 6.92 Å². The molecule has 1 aliphatic heterocycles. The van der Waals surface area contributed by atoms with Gasteiger partial charge in [-0.05, 0) is 94.2 Å². The molecule has 1 atom stereocenters. The lowest BCUT2D eigenvalue weighted by molar-refractivity contribution is 0.208.